The fourth-order valence-electron chi connectivity index (χ4n) is 4.71. The maximum Gasteiger partial charge on any atom is 0.141 e. The lowest BCUT2D eigenvalue weighted by molar-refractivity contribution is -0.130. The molecule has 0 amide bonds. The van der Waals surface area contributed by atoms with Crippen LogP contribution in [0.5, 0.6) is 0 Å². The van der Waals surface area contributed by atoms with Crippen molar-refractivity contribution in [3.8, 4) is 0 Å². The summed E-state index contributed by atoms with van der Waals surface area (Å²) in [5, 5.41) is 3.70. The van der Waals surface area contributed by atoms with Crippen molar-refractivity contribution in [3.63, 3.8) is 0 Å². The van der Waals surface area contributed by atoms with Crippen LogP contribution in [-0.4, -0.2) is 48.7 Å². The van der Waals surface area contributed by atoms with Gasteiger partial charge in [-0.2, -0.15) is 0 Å². The topological polar surface area (TPSA) is 49.4 Å². The molecule has 0 radical (unpaired) electrons. The zero-order chi connectivity index (χ0) is 16.0. The predicted molar refractivity (Wildman–Crippen MR) is 89.1 cm³/mol. The summed E-state index contributed by atoms with van der Waals surface area (Å²) in [7, 11) is 2.22. The molecule has 23 heavy (non-hydrogen) atoms. The van der Waals surface area contributed by atoms with Crippen LogP contribution in [0, 0.1) is 11.8 Å². The third-order valence-electron chi connectivity index (χ3n) is 6.13. The lowest BCUT2D eigenvalue weighted by Gasteiger charge is -2.41. The van der Waals surface area contributed by atoms with E-state index in [9.17, 15) is 9.59 Å². The minimum atomic E-state index is -0.197. The summed E-state index contributed by atoms with van der Waals surface area (Å²) in [5.74, 6) is 0.130. The molecule has 4 heteroatoms. The third-order valence-corrected chi connectivity index (χ3v) is 6.13. The van der Waals surface area contributed by atoms with Gasteiger partial charge >= 0.3 is 0 Å². The molecule has 1 N–H and O–H groups in total. The molecule has 0 aromatic rings. The van der Waals surface area contributed by atoms with E-state index in [1.807, 2.05) is 0 Å². The molecule has 0 saturated carbocycles. The second kappa shape index (κ2) is 5.99. The summed E-state index contributed by atoms with van der Waals surface area (Å²) >= 11 is 0. The first-order valence-corrected chi connectivity index (χ1v) is 8.98. The molecule has 124 valence electrons. The van der Waals surface area contributed by atoms with E-state index in [1.54, 1.807) is 0 Å². The lowest BCUT2D eigenvalue weighted by Crippen LogP contribution is -2.55. The second-order valence-corrected chi connectivity index (χ2v) is 7.74. The zero-order valence-electron chi connectivity index (χ0n) is 13.9. The minimum absolute atomic E-state index is 0.197. The van der Waals surface area contributed by atoms with Gasteiger partial charge < -0.3 is 10.2 Å². The van der Waals surface area contributed by atoms with E-state index in [2.05, 4.69) is 29.4 Å². The smallest absolute Gasteiger partial charge is 0.141 e. The van der Waals surface area contributed by atoms with Gasteiger partial charge in [0.1, 0.15) is 11.6 Å². The van der Waals surface area contributed by atoms with Crippen molar-refractivity contribution >= 4 is 11.6 Å². The molecule has 3 aliphatic heterocycles. The van der Waals surface area contributed by atoms with E-state index in [1.165, 1.54) is 11.1 Å². The highest BCUT2D eigenvalue weighted by Crippen LogP contribution is 2.36. The summed E-state index contributed by atoms with van der Waals surface area (Å²) < 4.78 is 0. The van der Waals surface area contributed by atoms with Crippen molar-refractivity contribution in [2.24, 2.45) is 11.8 Å². The average molecular weight is 314 g/mol. The summed E-state index contributed by atoms with van der Waals surface area (Å²) in [6.07, 6.45) is 9.29. The second-order valence-electron chi connectivity index (χ2n) is 7.74. The third kappa shape index (κ3) is 2.94. The Labute approximate surface area is 138 Å². The van der Waals surface area contributed by atoms with Crippen molar-refractivity contribution in [1.82, 2.24) is 10.2 Å². The van der Waals surface area contributed by atoms with E-state index in [-0.39, 0.29) is 23.4 Å². The van der Waals surface area contributed by atoms with Crippen LogP contribution in [-0.2, 0) is 9.59 Å². The molecular formula is C19H26N2O2. The number of carbonyl (C=O) groups is 2. The van der Waals surface area contributed by atoms with Crippen molar-refractivity contribution in [2.75, 3.05) is 20.1 Å². The maximum absolute atomic E-state index is 12.4. The number of fused-ring (bicyclic) bond motifs is 2. The van der Waals surface area contributed by atoms with Crippen molar-refractivity contribution in [2.45, 2.75) is 50.6 Å². The highest BCUT2D eigenvalue weighted by molar-refractivity contribution is 5.93. The van der Waals surface area contributed by atoms with Crippen LogP contribution in [0.2, 0.25) is 0 Å². The number of rotatable bonds is 0. The average Bonchev–Trinajstić information content (AvgIpc) is 2.53. The Balaban J connectivity index is 1.73. The first-order chi connectivity index (χ1) is 11.1. The van der Waals surface area contributed by atoms with Crippen LogP contribution < -0.4 is 5.32 Å². The Morgan fingerprint density at radius 1 is 0.957 bits per heavy atom. The highest BCUT2D eigenvalue weighted by atomic mass is 16.1. The number of nitrogens with zero attached hydrogens (tertiary/aromatic N) is 1. The molecule has 6 bridgehead atoms. The van der Waals surface area contributed by atoms with Gasteiger partial charge in [0.05, 0.1) is 0 Å². The fourth-order valence-corrected chi connectivity index (χ4v) is 4.71. The molecule has 5 aliphatic rings. The molecule has 1 fully saturated rings. The molecule has 0 aromatic carbocycles. The van der Waals surface area contributed by atoms with E-state index in [4.69, 9.17) is 0 Å². The normalized spacial score (nSPS) is 38.5. The molecule has 3 heterocycles. The van der Waals surface area contributed by atoms with Gasteiger partial charge in [0.15, 0.2) is 0 Å². The number of piperazine rings is 1. The number of likely N-dealkylation sites (N-methyl/N-ethyl adjacent to an activating group) is 1. The molecule has 4 atom stereocenters. The maximum atomic E-state index is 12.4. The summed E-state index contributed by atoms with van der Waals surface area (Å²) in [6.45, 7) is 2.09. The number of carbonyl (C=O) groups excluding carboxylic acids is 2. The Bertz CT molecular complexity index is 592. The van der Waals surface area contributed by atoms with Gasteiger partial charge in [0.2, 0.25) is 0 Å². The lowest BCUT2D eigenvalue weighted by atomic mass is 9.73. The van der Waals surface area contributed by atoms with Crippen LogP contribution in [0.15, 0.2) is 23.3 Å². The van der Waals surface area contributed by atoms with Gasteiger partial charge in [0, 0.05) is 49.9 Å². The van der Waals surface area contributed by atoms with Crippen LogP contribution in [0.1, 0.15) is 38.5 Å². The largest absolute Gasteiger partial charge is 0.311 e. The van der Waals surface area contributed by atoms with Crippen LogP contribution in [0.4, 0.5) is 0 Å². The van der Waals surface area contributed by atoms with Crippen molar-refractivity contribution in [3.05, 3.63) is 23.3 Å². The monoisotopic (exact) mass is 314 g/mol. The molecule has 0 aromatic heterocycles. The number of allylic oxidation sites excluding steroid dienone is 2. The summed E-state index contributed by atoms with van der Waals surface area (Å²) in [5.41, 5.74) is 2.74. The first kappa shape index (κ1) is 15.3. The number of Topliss-reactive ketones (excluding diaryl/α,β-unsaturated/α-hetero) is 2. The Hall–Kier alpha value is -1.26. The predicted octanol–water partition coefficient (Wildman–Crippen LogP) is 1.86. The summed E-state index contributed by atoms with van der Waals surface area (Å²) in [4.78, 5) is 27.3. The minimum Gasteiger partial charge on any atom is -0.311 e. The number of hydrogen-bond donors (Lipinski definition) is 1. The van der Waals surface area contributed by atoms with E-state index in [0.717, 1.165) is 38.8 Å². The van der Waals surface area contributed by atoms with E-state index < -0.39 is 0 Å². The quantitative estimate of drug-likeness (QED) is 0.694. The summed E-state index contributed by atoms with van der Waals surface area (Å²) in [6, 6.07) is 0.982. The Kier molecular flexibility index (Phi) is 3.98. The number of ketones is 2. The molecule has 1 saturated heterocycles. The molecular weight excluding hydrogens is 288 g/mol. The van der Waals surface area contributed by atoms with Crippen LogP contribution in [0.3, 0.4) is 0 Å². The zero-order valence-corrected chi connectivity index (χ0v) is 13.9. The van der Waals surface area contributed by atoms with Crippen molar-refractivity contribution in [1.29, 1.82) is 0 Å². The molecule has 4 unspecified atom stereocenters. The highest BCUT2D eigenvalue weighted by Gasteiger charge is 2.37. The number of nitrogens with one attached hydrogen (secondary N) is 1. The van der Waals surface area contributed by atoms with Gasteiger partial charge in [-0.15, -0.1) is 0 Å². The molecule has 4 nitrogen and oxygen atoms in total. The molecule has 2 aliphatic carbocycles. The molecule has 5 rings (SSSR count). The Morgan fingerprint density at radius 2 is 1.57 bits per heavy atom. The molecule has 0 spiro atoms. The van der Waals surface area contributed by atoms with Crippen LogP contribution in [0.25, 0.3) is 0 Å². The van der Waals surface area contributed by atoms with E-state index >= 15 is 0 Å². The van der Waals surface area contributed by atoms with Gasteiger partial charge in [0.25, 0.3) is 0 Å². The SMILES string of the molecule is CN1CC2CC3=CC(C(=O)CC3)C3C=C(CCC3=O)CC1CN2. The van der Waals surface area contributed by atoms with Gasteiger partial charge in [-0.25, -0.2) is 0 Å². The van der Waals surface area contributed by atoms with Crippen LogP contribution >= 0.6 is 0 Å². The fraction of sp³-hybridized carbons (Fsp3) is 0.684. The Morgan fingerprint density at radius 3 is 2.17 bits per heavy atom. The van der Waals surface area contributed by atoms with Crippen molar-refractivity contribution < 1.29 is 9.59 Å². The van der Waals surface area contributed by atoms with E-state index in [0.29, 0.717) is 24.9 Å². The van der Waals surface area contributed by atoms with Gasteiger partial charge in [-0.1, -0.05) is 23.3 Å². The van der Waals surface area contributed by atoms with Gasteiger partial charge in [-0.05, 0) is 32.7 Å². The standard InChI is InChI=1S/C19H26N2O2/c1-21-11-14-6-12-2-4-18(22)16(8-12)17-9-13(3-5-19(17)23)7-15(21)10-20-14/h8-9,14-17,20H,2-7,10-11H2,1H3. The van der Waals surface area contributed by atoms with Gasteiger partial charge in [-0.3, -0.25) is 9.59 Å². The number of hydrogen-bond acceptors (Lipinski definition) is 4. The first-order valence-electron chi connectivity index (χ1n) is 8.98.